The van der Waals surface area contributed by atoms with Crippen molar-refractivity contribution in [3.63, 3.8) is 0 Å². The number of alkyl halides is 1. The van der Waals surface area contributed by atoms with Crippen LogP contribution in [0.3, 0.4) is 0 Å². The summed E-state index contributed by atoms with van der Waals surface area (Å²) in [5.74, 6) is 0.178. The lowest BCUT2D eigenvalue weighted by Gasteiger charge is -2.18. The Kier molecular flexibility index (Phi) is 3.59. The van der Waals surface area contributed by atoms with Crippen LogP contribution in [0.4, 0.5) is 5.13 Å². The third-order valence-electron chi connectivity index (χ3n) is 2.79. The molecule has 0 bridgehead atoms. The summed E-state index contributed by atoms with van der Waals surface area (Å²) in [7, 11) is 0. The van der Waals surface area contributed by atoms with Crippen LogP contribution in [0.2, 0.25) is 0 Å². The minimum atomic E-state index is -0.589. The molecule has 2 aromatic rings. The van der Waals surface area contributed by atoms with Crippen LogP contribution < -0.4 is 5.32 Å². The van der Waals surface area contributed by atoms with E-state index in [4.69, 9.17) is 11.6 Å². The van der Waals surface area contributed by atoms with Gasteiger partial charge in [-0.25, -0.2) is 4.98 Å². The van der Waals surface area contributed by atoms with Crippen LogP contribution in [-0.2, 0) is 4.79 Å². The number of amides is 1. The number of carbonyl (C=O) groups excluding carboxylic acids is 1. The van der Waals surface area contributed by atoms with E-state index in [9.17, 15) is 4.79 Å². The van der Waals surface area contributed by atoms with Crippen molar-refractivity contribution in [3.8, 4) is 0 Å². The number of carbonyl (C=O) groups is 1. The van der Waals surface area contributed by atoms with E-state index >= 15 is 0 Å². The summed E-state index contributed by atoms with van der Waals surface area (Å²) in [5.41, 5.74) is 1.47. The van der Waals surface area contributed by atoms with Gasteiger partial charge in [-0.15, -0.1) is 11.6 Å². The maximum Gasteiger partial charge on any atom is 0.233 e. The zero-order valence-electron chi connectivity index (χ0n) is 10.6. The summed E-state index contributed by atoms with van der Waals surface area (Å²) in [4.78, 5) is 16.4. The number of hydrogen-bond donors (Lipinski definition) is 1. The molecule has 0 unspecified atom stereocenters. The number of nitrogens with one attached hydrogen (secondary N) is 1. The highest BCUT2D eigenvalue weighted by molar-refractivity contribution is 7.22. The van der Waals surface area contributed by atoms with Gasteiger partial charge in [0.1, 0.15) is 0 Å². The van der Waals surface area contributed by atoms with Crippen molar-refractivity contribution in [2.75, 3.05) is 11.2 Å². The van der Waals surface area contributed by atoms with Gasteiger partial charge in [-0.2, -0.15) is 0 Å². The first kappa shape index (κ1) is 13.3. The highest BCUT2D eigenvalue weighted by Gasteiger charge is 2.27. The van der Waals surface area contributed by atoms with Gasteiger partial charge in [-0.1, -0.05) is 23.5 Å². The first-order valence-corrected chi connectivity index (χ1v) is 7.03. The molecule has 1 amide bonds. The number of aromatic nitrogens is 1. The first-order valence-electron chi connectivity index (χ1n) is 5.67. The molecule has 0 saturated carbocycles. The van der Waals surface area contributed by atoms with Crippen molar-refractivity contribution in [2.45, 2.75) is 20.8 Å². The maximum absolute atomic E-state index is 12.0. The Labute approximate surface area is 115 Å². The van der Waals surface area contributed by atoms with E-state index in [1.165, 1.54) is 11.3 Å². The predicted molar refractivity (Wildman–Crippen MR) is 77.5 cm³/mol. The summed E-state index contributed by atoms with van der Waals surface area (Å²) in [6, 6.07) is 6.00. The Morgan fingerprint density at radius 3 is 2.83 bits per heavy atom. The number of aryl methyl sites for hydroxylation is 1. The summed E-state index contributed by atoms with van der Waals surface area (Å²) >= 11 is 7.26. The normalized spacial score (nSPS) is 11.8. The lowest BCUT2D eigenvalue weighted by atomic mass is 9.95. The van der Waals surface area contributed by atoms with Crippen molar-refractivity contribution >= 4 is 44.2 Å². The van der Waals surface area contributed by atoms with E-state index in [-0.39, 0.29) is 11.8 Å². The molecule has 1 heterocycles. The van der Waals surface area contributed by atoms with Crippen LogP contribution in [0.15, 0.2) is 18.2 Å². The number of fused-ring (bicyclic) bond motifs is 1. The van der Waals surface area contributed by atoms with Crippen molar-refractivity contribution in [2.24, 2.45) is 5.41 Å². The molecule has 5 heteroatoms. The molecule has 3 nitrogen and oxygen atoms in total. The zero-order chi connectivity index (χ0) is 13.3. The number of halogens is 1. The van der Waals surface area contributed by atoms with Gasteiger partial charge in [0, 0.05) is 5.88 Å². The maximum atomic E-state index is 12.0. The van der Waals surface area contributed by atoms with E-state index in [1.807, 2.05) is 39.0 Å². The quantitative estimate of drug-likeness (QED) is 0.870. The number of para-hydroxylation sites is 1. The van der Waals surface area contributed by atoms with Gasteiger partial charge in [0.25, 0.3) is 0 Å². The summed E-state index contributed by atoms with van der Waals surface area (Å²) in [5, 5.41) is 3.46. The van der Waals surface area contributed by atoms with Gasteiger partial charge in [-0.05, 0) is 32.4 Å². The van der Waals surface area contributed by atoms with E-state index in [0.717, 1.165) is 15.8 Å². The van der Waals surface area contributed by atoms with Crippen LogP contribution in [-0.4, -0.2) is 16.8 Å². The van der Waals surface area contributed by atoms with Crippen molar-refractivity contribution in [1.29, 1.82) is 0 Å². The molecule has 0 radical (unpaired) electrons. The molecule has 0 atom stereocenters. The van der Waals surface area contributed by atoms with Crippen molar-refractivity contribution in [3.05, 3.63) is 23.8 Å². The van der Waals surface area contributed by atoms with Gasteiger partial charge >= 0.3 is 0 Å². The SMILES string of the molecule is Cc1cccc2sc(NC(=O)C(C)(C)CCl)nc12. The highest BCUT2D eigenvalue weighted by atomic mass is 35.5. The molecule has 0 aliphatic rings. The fourth-order valence-electron chi connectivity index (χ4n) is 1.47. The topological polar surface area (TPSA) is 42.0 Å². The summed E-state index contributed by atoms with van der Waals surface area (Å²) in [6.45, 7) is 5.64. The monoisotopic (exact) mass is 282 g/mol. The summed E-state index contributed by atoms with van der Waals surface area (Å²) < 4.78 is 1.08. The average molecular weight is 283 g/mol. The Bertz CT molecular complexity index is 592. The van der Waals surface area contributed by atoms with Crippen LogP contribution in [0.25, 0.3) is 10.2 Å². The molecule has 0 aliphatic heterocycles. The van der Waals surface area contributed by atoms with E-state index in [0.29, 0.717) is 5.13 Å². The Balaban J connectivity index is 2.28. The number of anilines is 1. The number of thiazole rings is 1. The van der Waals surface area contributed by atoms with Crippen molar-refractivity contribution < 1.29 is 4.79 Å². The second-order valence-electron chi connectivity index (χ2n) is 4.91. The standard InChI is InChI=1S/C13H15ClN2OS/c1-8-5-4-6-9-10(8)15-12(18-9)16-11(17)13(2,3)7-14/h4-6H,7H2,1-3H3,(H,15,16,17). The van der Waals surface area contributed by atoms with E-state index in [1.54, 1.807) is 0 Å². The van der Waals surface area contributed by atoms with Gasteiger partial charge in [0.05, 0.1) is 15.6 Å². The fraction of sp³-hybridized carbons (Fsp3) is 0.385. The molecule has 96 valence electrons. The van der Waals surface area contributed by atoms with Crippen LogP contribution in [0, 0.1) is 12.3 Å². The number of rotatable bonds is 3. The van der Waals surface area contributed by atoms with Crippen LogP contribution >= 0.6 is 22.9 Å². The van der Waals surface area contributed by atoms with Crippen LogP contribution in [0.5, 0.6) is 0 Å². The number of nitrogens with zero attached hydrogens (tertiary/aromatic N) is 1. The minimum absolute atomic E-state index is 0.103. The van der Waals surface area contributed by atoms with Crippen molar-refractivity contribution in [1.82, 2.24) is 4.98 Å². The molecule has 0 fully saturated rings. The first-order chi connectivity index (χ1) is 8.44. The molecule has 1 aromatic heterocycles. The molecule has 0 saturated heterocycles. The molecular weight excluding hydrogens is 268 g/mol. The van der Waals surface area contributed by atoms with Gasteiger partial charge in [0.2, 0.25) is 5.91 Å². The van der Waals surface area contributed by atoms with Gasteiger partial charge < -0.3 is 5.32 Å². The van der Waals surface area contributed by atoms with Gasteiger partial charge in [0.15, 0.2) is 5.13 Å². The third-order valence-corrected chi connectivity index (χ3v) is 4.39. The second kappa shape index (κ2) is 4.86. The average Bonchev–Trinajstić information content (AvgIpc) is 2.73. The minimum Gasteiger partial charge on any atom is -0.301 e. The smallest absolute Gasteiger partial charge is 0.233 e. The number of hydrogen-bond acceptors (Lipinski definition) is 3. The van der Waals surface area contributed by atoms with Crippen LogP contribution in [0.1, 0.15) is 19.4 Å². The Hall–Kier alpha value is -1.13. The van der Waals surface area contributed by atoms with E-state index in [2.05, 4.69) is 10.3 Å². The predicted octanol–water partition coefficient (Wildman–Crippen LogP) is 3.81. The number of benzene rings is 1. The molecule has 1 N–H and O–H groups in total. The van der Waals surface area contributed by atoms with Gasteiger partial charge in [-0.3, -0.25) is 4.79 Å². The lowest BCUT2D eigenvalue weighted by molar-refractivity contribution is -0.122. The highest BCUT2D eigenvalue weighted by Crippen LogP contribution is 2.29. The Morgan fingerprint density at radius 2 is 2.22 bits per heavy atom. The largest absolute Gasteiger partial charge is 0.301 e. The zero-order valence-corrected chi connectivity index (χ0v) is 12.2. The second-order valence-corrected chi connectivity index (χ2v) is 6.21. The molecule has 1 aromatic carbocycles. The lowest BCUT2D eigenvalue weighted by Crippen LogP contribution is -2.32. The molecule has 0 spiro atoms. The molecule has 2 rings (SSSR count). The third kappa shape index (κ3) is 2.49. The Morgan fingerprint density at radius 1 is 1.50 bits per heavy atom. The van der Waals surface area contributed by atoms with E-state index < -0.39 is 5.41 Å². The fourth-order valence-corrected chi connectivity index (χ4v) is 2.53. The molecule has 0 aliphatic carbocycles. The molecular formula is C13H15ClN2OS. The summed E-state index contributed by atoms with van der Waals surface area (Å²) in [6.07, 6.45) is 0. The molecule has 18 heavy (non-hydrogen) atoms.